The van der Waals surface area contributed by atoms with Crippen molar-refractivity contribution in [1.29, 1.82) is 0 Å². The number of carbonyl (C=O) groups excluding carboxylic acids is 1. The van der Waals surface area contributed by atoms with Gasteiger partial charge in [0.15, 0.2) is 0 Å². The summed E-state index contributed by atoms with van der Waals surface area (Å²) in [5, 5.41) is 0. The van der Waals surface area contributed by atoms with Gasteiger partial charge in [0.2, 0.25) is 0 Å². The average Bonchev–Trinajstić information content (AvgIpc) is 2.29. The SMILES string of the molecule is O=C1CCCCC/C=C/CCCCCCO1. The molecule has 0 radical (unpaired) electrons. The highest BCUT2D eigenvalue weighted by molar-refractivity contribution is 5.69. The van der Waals surface area contributed by atoms with Crippen LogP contribution in [0, 0.1) is 0 Å². The fourth-order valence-electron chi connectivity index (χ4n) is 1.92. The van der Waals surface area contributed by atoms with Gasteiger partial charge in [-0.2, -0.15) is 0 Å². The third kappa shape index (κ3) is 7.49. The standard InChI is InChI=1S/C14H24O2/c15-14-12-10-8-6-4-2-1-3-5-7-9-11-13-16-14/h1-2H,3-13H2/b2-1+. The summed E-state index contributed by atoms with van der Waals surface area (Å²) < 4.78 is 5.16. The molecule has 0 aromatic carbocycles. The summed E-state index contributed by atoms with van der Waals surface area (Å²) in [6.45, 7) is 0.620. The number of allylic oxidation sites excluding steroid dienone is 2. The minimum atomic E-state index is -0.00888. The van der Waals surface area contributed by atoms with Crippen molar-refractivity contribution < 1.29 is 9.53 Å². The van der Waals surface area contributed by atoms with Gasteiger partial charge in [-0.3, -0.25) is 4.79 Å². The van der Waals surface area contributed by atoms with Crippen molar-refractivity contribution in [3.63, 3.8) is 0 Å². The van der Waals surface area contributed by atoms with E-state index in [4.69, 9.17) is 4.74 Å². The highest BCUT2D eigenvalue weighted by atomic mass is 16.5. The molecule has 0 saturated heterocycles. The average molecular weight is 224 g/mol. The molecular formula is C14H24O2. The van der Waals surface area contributed by atoms with Gasteiger partial charge < -0.3 is 4.74 Å². The fourth-order valence-corrected chi connectivity index (χ4v) is 1.92. The van der Waals surface area contributed by atoms with Crippen LogP contribution in [0.4, 0.5) is 0 Å². The lowest BCUT2D eigenvalue weighted by Gasteiger charge is -2.04. The highest BCUT2D eigenvalue weighted by Gasteiger charge is 2.02. The summed E-state index contributed by atoms with van der Waals surface area (Å²) in [4.78, 5) is 11.3. The van der Waals surface area contributed by atoms with E-state index >= 15 is 0 Å². The Hall–Kier alpha value is -0.790. The first-order valence-corrected chi connectivity index (χ1v) is 6.70. The number of rotatable bonds is 0. The monoisotopic (exact) mass is 224 g/mol. The largest absolute Gasteiger partial charge is 0.466 e. The first-order chi connectivity index (χ1) is 7.89. The Balaban J connectivity index is 2.19. The molecule has 1 rings (SSSR count). The van der Waals surface area contributed by atoms with Crippen molar-refractivity contribution in [3.8, 4) is 0 Å². The second-order valence-electron chi connectivity index (χ2n) is 4.49. The normalized spacial score (nSPS) is 23.9. The van der Waals surface area contributed by atoms with Gasteiger partial charge in [0.1, 0.15) is 0 Å². The smallest absolute Gasteiger partial charge is 0.305 e. The molecule has 0 amide bonds. The van der Waals surface area contributed by atoms with Gasteiger partial charge in [-0.1, -0.05) is 31.4 Å². The Morgan fingerprint density at radius 1 is 0.812 bits per heavy atom. The number of ether oxygens (including phenoxy) is 1. The van der Waals surface area contributed by atoms with Gasteiger partial charge in [0, 0.05) is 6.42 Å². The minimum Gasteiger partial charge on any atom is -0.466 e. The van der Waals surface area contributed by atoms with E-state index in [2.05, 4.69) is 12.2 Å². The van der Waals surface area contributed by atoms with Crippen LogP contribution in [0.2, 0.25) is 0 Å². The topological polar surface area (TPSA) is 26.3 Å². The van der Waals surface area contributed by atoms with E-state index in [1.807, 2.05) is 0 Å². The quantitative estimate of drug-likeness (QED) is 0.459. The van der Waals surface area contributed by atoms with Crippen LogP contribution in [-0.2, 0) is 9.53 Å². The second kappa shape index (κ2) is 9.44. The summed E-state index contributed by atoms with van der Waals surface area (Å²) in [5.41, 5.74) is 0. The van der Waals surface area contributed by atoms with Gasteiger partial charge in [-0.25, -0.2) is 0 Å². The van der Waals surface area contributed by atoms with E-state index in [1.54, 1.807) is 0 Å². The summed E-state index contributed by atoms with van der Waals surface area (Å²) in [6, 6.07) is 0. The molecule has 16 heavy (non-hydrogen) atoms. The second-order valence-corrected chi connectivity index (χ2v) is 4.49. The molecule has 0 aliphatic carbocycles. The zero-order valence-corrected chi connectivity index (χ0v) is 10.2. The maximum Gasteiger partial charge on any atom is 0.305 e. The first-order valence-electron chi connectivity index (χ1n) is 6.70. The summed E-state index contributed by atoms with van der Waals surface area (Å²) >= 11 is 0. The van der Waals surface area contributed by atoms with Crippen LogP contribution in [0.25, 0.3) is 0 Å². The molecule has 2 nitrogen and oxygen atoms in total. The van der Waals surface area contributed by atoms with Crippen LogP contribution in [0.3, 0.4) is 0 Å². The van der Waals surface area contributed by atoms with Crippen molar-refractivity contribution in [2.45, 2.75) is 64.2 Å². The van der Waals surface area contributed by atoms with Gasteiger partial charge in [0.25, 0.3) is 0 Å². The molecule has 1 aliphatic heterocycles. The third-order valence-corrected chi connectivity index (χ3v) is 2.95. The Morgan fingerprint density at radius 3 is 2.19 bits per heavy atom. The summed E-state index contributed by atoms with van der Waals surface area (Å²) in [7, 11) is 0. The van der Waals surface area contributed by atoms with Gasteiger partial charge in [-0.05, 0) is 38.5 Å². The molecule has 0 N–H and O–H groups in total. The van der Waals surface area contributed by atoms with Gasteiger partial charge in [-0.15, -0.1) is 0 Å². The van der Waals surface area contributed by atoms with Crippen LogP contribution in [-0.4, -0.2) is 12.6 Å². The molecule has 0 aromatic heterocycles. The van der Waals surface area contributed by atoms with Crippen LogP contribution < -0.4 is 0 Å². The molecule has 2 heteroatoms. The van der Waals surface area contributed by atoms with E-state index in [9.17, 15) is 4.79 Å². The third-order valence-electron chi connectivity index (χ3n) is 2.95. The molecule has 0 spiro atoms. The molecular weight excluding hydrogens is 200 g/mol. The first kappa shape index (κ1) is 13.3. The molecule has 92 valence electrons. The molecule has 0 atom stereocenters. The summed E-state index contributed by atoms with van der Waals surface area (Å²) in [6.07, 6.45) is 15.6. The van der Waals surface area contributed by atoms with Gasteiger partial charge >= 0.3 is 5.97 Å². The molecule has 1 heterocycles. The van der Waals surface area contributed by atoms with Crippen LogP contribution in [0.1, 0.15) is 64.2 Å². The van der Waals surface area contributed by atoms with E-state index in [-0.39, 0.29) is 5.97 Å². The number of carbonyl (C=O) groups is 1. The molecule has 1 aliphatic rings. The van der Waals surface area contributed by atoms with Gasteiger partial charge in [0.05, 0.1) is 6.61 Å². The predicted molar refractivity (Wildman–Crippen MR) is 66.3 cm³/mol. The Labute approximate surface area is 99.1 Å². The summed E-state index contributed by atoms with van der Waals surface area (Å²) in [5.74, 6) is -0.00888. The molecule has 0 aromatic rings. The maximum atomic E-state index is 11.3. The van der Waals surface area contributed by atoms with Crippen molar-refractivity contribution >= 4 is 5.97 Å². The minimum absolute atomic E-state index is 0.00888. The zero-order valence-electron chi connectivity index (χ0n) is 10.2. The van der Waals surface area contributed by atoms with E-state index in [1.165, 1.54) is 32.1 Å². The van der Waals surface area contributed by atoms with Crippen LogP contribution >= 0.6 is 0 Å². The van der Waals surface area contributed by atoms with Crippen LogP contribution in [0.15, 0.2) is 12.2 Å². The predicted octanol–water partition coefficient (Wildman–Crippen LogP) is 4.00. The van der Waals surface area contributed by atoms with Crippen LogP contribution in [0.5, 0.6) is 0 Å². The number of hydrogen-bond donors (Lipinski definition) is 0. The lowest BCUT2D eigenvalue weighted by atomic mass is 10.1. The highest BCUT2D eigenvalue weighted by Crippen LogP contribution is 2.09. The lowest BCUT2D eigenvalue weighted by Crippen LogP contribution is -2.05. The number of esters is 1. The van der Waals surface area contributed by atoms with Crippen molar-refractivity contribution in [1.82, 2.24) is 0 Å². The molecule has 0 saturated carbocycles. The molecule has 0 unspecified atom stereocenters. The molecule has 0 bridgehead atoms. The van der Waals surface area contributed by atoms with Crippen molar-refractivity contribution in [3.05, 3.63) is 12.2 Å². The lowest BCUT2D eigenvalue weighted by molar-refractivity contribution is -0.143. The Bertz CT molecular complexity index is 209. The number of hydrogen-bond acceptors (Lipinski definition) is 2. The van der Waals surface area contributed by atoms with E-state index in [0.29, 0.717) is 13.0 Å². The van der Waals surface area contributed by atoms with Crippen molar-refractivity contribution in [2.75, 3.05) is 6.61 Å². The zero-order chi connectivity index (χ0) is 11.5. The van der Waals surface area contributed by atoms with Crippen molar-refractivity contribution in [2.24, 2.45) is 0 Å². The Kier molecular flexibility index (Phi) is 7.83. The Morgan fingerprint density at radius 2 is 1.44 bits per heavy atom. The fraction of sp³-hybridized carbons (Fsp3) is 0.786. The molecule has 0 fully saturated rings. The number of cyclic esters (lactones) is 1. The maximum absolute atomic E-state index is 11.3. The van der Waals surface area contributed by atoms with E-state index < -0.39 is 0 Å². The van der Waals surface area contributed by atoms with E-state index in [0.717, 1.165) is 25.7 Å².